The number of para-hydroxylation sites is 1. The maximum absolute atomic E-state index is 5.85. The summed E-state index contributed by atoms with van der Waals surface area (Å²) in [5.41, 5.74) is 1.25. The summed E-state index contributed by atoms with van der Waals surface area (Å²) in [5.74, 6) is 1.76. The molecule has 3 heteroatoms. The molecular formula is C18H24BrNO. The second-order valence-corrected chi connectivity index (χ2v) is 4.96. The van der Waals surface area contributed by atoms with Crippen molar-refractivity contribution in [3.05, 3.63) is 60.2 Å². The normalized spacial score (nSPS) is 10.2. The minimum absolute atomic E-state index is 0. The summed E-state index contributed by atoms with van der Waals surface area (Å²) in [6.45, 7) is 5.32. The minimum atomic E-state index is 0. The lowest BCUT2D eigenvalue weighted by molar-refractivity contribution is 0.473. The van der Waals surface area contributed by atoms with Crippen molar-refractivity contribution in [3.63, 3.8) is 0 Å². The van der Waals surface area contributed by atoms with Crippen LogP contribution in [0.15, 0.2) is 54.6 Å². The third-order valence-electron chi connectivity index (χ3n) is 3.46. The molecular weight excluding hydrogens is 326 g/mol. The van der Waals surface area contributed by atoms with E-state index in [4.69, 9.17) is 4.74 Å². The Balaban J connectivity index is 0.00000220. The molecule has 0 radical (unpaired) electrons. The zero-order chi connectivity index (χ0) is 14.2. The van der Waals surface area contributed by atoms with Gasteiger partial charge in [0.05, 0.1) is 0 Å². The number of hydrogen-bond acceptors (Lipinski definition) is 2. The minimum Gasteiger partial charge on any atom is -0.457 e. The molecule has 0 aliphatic carbocycles. The molecule has 2 aromatic rings. The Hall–Kier alpha value is -1.32. The lowest BCUT2D eigenvalue weighted by atomic mass is 10.1. The van der Waals surface area contributed by atoms with Gasteiger partial charge in [0.1, 0.15) is 11.5 Å². The molecule has 0 unspecified atom stereocenters. The fraction of sp³-hybridized carbons (Fsp3) is 0.333. The first kappa shape index (κ1) is 17.7. The van der Waals surface area contributed by atoms with Crippen LogP contribution in [0.1, 0.15) is 32.3 Å². The highest BCUT2D eigenvalue weighted by atomic mass is 79.9. The van der Waals surface area contributed by atoms with Gasteiger partial charge in [-0.2, -0.15) is 0 Å². The quantitative estimate of drug-likeness (QED) is 0.728. The van der Waals surface area contributed by atoms with Crippen LogP contribution in [0.25, 0.3) is 0 Å². The predicted molar refractivity (Wildman–Crippen MR) is 94.5 cm³/mol. The molecule has 1 N–H and O–H groups in total. The fourth-order valence-corrected chi connectivity index (χ4v) is 2.18. The summed E-state index contributed by atoms with van der Waals surface area (Å²) in [4.78, 5) is 0. The van der Waals surface area contributed by atoms with E-state index in [-0.39, 0.29) is 17.0 Å². The third-order valence-corrected chi connectivity index (χ3v) is 3.46. The van der Waals surface area contributed by atoms with E-state index >= 15 is 0 Å². The molecule has 0 saturated heterocycles. The molecule has 0 amide bonds. The topological polar surface area (TPSA) is 21.3 Å². The highest BCUT2D eigenvalue weighted by Crippen LogP contribution is 2.21. The van der Waals surface area contributed by atoms with Crippen molar-refractivity contribution in [2.45, 2.75) is 39.3 Å². The van der Waals surface area contributed by atoms with E-state index in [9.17, 15) is 0 Å². The van der Waals surface area contributed by atoms with Crippen molar-refractivity contribution in [2.75, 3.05) is 0 Å². The zero-order valence-electron chi connectivity index (χ0n) is 12.7. The van der Waals surface area contributed by atoms with Gasteiger partial charge in [0, 0.05) is 12.6 Å². The number of ether oxygens (including phenoxy) is 1. The van der Waals surface area contributed by atoms with Gasteiger partial charge >= 0.3 is 0 Å². The van der Waals surface area contributed by atoms with Gasteiger partial charge < -0.3 is 10.1 Å². The molecule has 0 aromatic heterocycles. The zero-order valence-corrected chi connectivity index (χ0v) is 14.4. The highest BCUT2D eigenvalue weighted by Gasteiger charge is 2.03. The van der Waals surface area contributed by atoms with Gasteiger partial charge in [-0.1, -0.05) is 44.2 Å². The number of hydrogen-bond donors (Lipinski definition) is 1. The van der Waals surface area contributed by atoms with Gasteiger partial charge in [-0.05, 0) is 42.7 Å². The number of rotatable bonds is 7. The summed E-state index contributed by atoms with van der Waals surface area (Å²) in [6, 6.07) is 18.7. The standard InChI is InChI=1S/C18H23NO.BrH/c1-3-16(4-2)19-14-15-9-8-12-18(13-15)20-17-10-6-5-7-11-17;/h5-13,16,19H,3-4,14H2,1-2H3;1H. The molecule has 0 atom stereocenters. The van der Waals surface area contributed by atoms with Crippen molar-refractivity contribution < 1.29 is 4.74 Å². The van der Waals surface area contributed by atoms with Crippen molar-refractivity contribution in [1.82, 2.24) is 5.32 Å². The first-order valence-electron chi connectivity index (χ1n) is 7.37. The van der Waals surface area contributed by atoms with Crippen molar-refractivity contribution in [1.29, 1.82) is 0 Å². The Morgan fingerprint density at radius 3 is 2.24 bits per heavy atom. The molecule has 2 rings (SSSR count). The van der Waals surface area contributed by atoms with Crippen LogP contribution >= 0.6 is 17.0 Å². The van der Waals surface area contributed by atoms with E-state index in [1.54, 1.807) is 0 Å². The van der Waals surface area contributed by atoms with Crippen LogP contribution < -0.4 is 10.1 Å². The van der Waals surface area contributed by atoms with Crippen molar-refractivity contribution >= 4 is 17.0 Å². The third kappa shape index (κ3) is 5.90. The maximum atomic E-state index is 5.85. The van der Waals surface area contributed by atoms with Gasteiger partial charge in [-0.25, -0.2) is 0 Å². The van der Waals surface area contributed by atoms with Gasteiger partial charge in [0.25, 0.3) is 0 Å². The molecule has 0 bridgehead atoms. The summed E-state index contributed by atoms with van der Waals surface area (Å²) in [6.07, 6.45) is 2.33. The lowest BCUT2D eigenvalue weighted by Gasteiger charge is -2.15. The molecule has 2 nitrogen and oxygen atoms in total. The van der Waals surface area contributed by atoms with Gasteiger partial charge in [0.15, 0.2) is 0 Å². The first-order valence-corrected chi connectivity index (χ1v) is 7.37. The second-order valence-electron chi connectivity index (χ2n) is 4.96. The number of nitrogens with one attached hydrogen (secondary N) is 1. The highest BCUT2D eigenvalue weighted by molar-refractivity contribution is 8.93. The molecule has 114 valence electrons. The van der Waals surface area contributed by atoms with Crippen LogP contribution in [0.2, 0.25) is 0 Å². The average molecular weight is 350 g/mol. The SMILES string of the molecule is Br.CCC(CC)NCc1cccc(Oc2ccccc2)c1. The summed E-state index contributed by atoms with van der Waals surface area (Å²) < 4.78 is 5.85. The monoisotopic (exact) mass is 349 g/mol. The Bertz CT molecular complexity index is 512. The molecule has 0 spiro atoms. The van der Waals surface area contributed by atoms with Crippen LogP contribution in [0.4, 0.5) is 0 Å². The lowest BCUT2D eigenvalue weighted by Crippen LogP contribution is -2.26. The van der Waals surface area contributed by atoms with Gasteiger partial charge in [-0.3, -0.25) is 0 Å². The van der Waals surface area contributed by atoms with Gasteiger partial charge in [0.2, 0.25) is 0 Å². The molecule has 0 saturated carbocycles. The fourth-order valence-electron chi connectivity index (χ4n) is 2.18. The van der Waals surface area contributed by atoms with Crippen LogP contribution in [0.3, 0.4) is 0 Å². The van der Waals surface area contributed by atoms with Crippen molar-refractivity contribution in [3.8, 4) is 11.5 Å². The molecule has 0 aliphatic rings. The van der Waals surface area contributed by atoms with E-state index in [1.165, 1.54) is 5.56 Å². The molecule has 21 heavy (non-hydrogen) atoms. The molecule has 2 aromatic carbocycles. The Labute approximate surface area is 138 Å². The smallest absolute Gasteiger partial charge is 0.127 e. The number of benzene rings is 2. The summed E-state index contributed by atoms with van der Waals surface area (Å²) in [7, 11) is 0. The van der Waals surface area contributed by atoms with Gasteiger partial charge in [-0.15, -0.1) is 17.0 Å². The summed E-state index contributed by atoms with van der Waals surface area (Å²) >= 11 is 0. The maximum Gasteiger partial charge on any atom is 0.127 e. The molecule has 0 heterocycles. The average Bonchev–Trinajstić information content (AvgIpc) is 2.50. The largest absolute Gasteiger partial charge is 0.457 e. The Kier molecular flexibility index (Phi) is 8.09. The molecule has 0 fully saturated rings. The van der Waals surface area contributed by atoms with Crippen LogP contribution in [0.5, 0.6) is 11.5 Å². The van der Waals surface area contributed by atoms with Crippen LogP contribution in [-0.2, 0) is 6.54 Å². The Morgan fingerprint density at radius 2 is 1.57 bits per heavy atom. The second kappa shape index (κ2) is 9.59. The van der Waals surface area contributed by atoms with E-state index in [0.717, 1.165) is 30.9 Å². The van der Waals surface area contributed by atoms with E-state index in [1.807, 2.05) is 42.5 Å². The molecule has 0 aliphatic heterocycles. The van der Waals surface area contributed by atoms with Crippen LogP contribution in [0, 0.1) is 0 Å². The van der Waals surface area contributed by atoms with E-state index < -0.39 is 0 Å². The predicted octanol–water partition coefficient (Wildman–Crippen LogP) is 5.34. The number of halogens is 1. The first-order chi connectivity index (χ1) is 9.81. The summed E-state index contributed by atoms with van der Waals surface area (Å²) in [5, 5.41) is 3.57. The van der Waals surface area contributed by atoms with Crippen molar-refractivity contribution in [2.24, 2.45) is 0 Å². The van der Waals surface area contributed by atoms with Crippen LogP contribution in [-0.4, -0.2) is 6.04 Å². The Morgan fingerprint density at radius 1 is 0.905 bits per heavy atom. The van der Waals surface area contributed by atoms with E-state index in [2.05, 4.69) is 31.3 Å². The van der Waals surface area contributed by atoms with E-state index in [0.29, 0.717) is 6.04 Å².